The number of carbonyl (C=O) groups is 2. The van der Waals surface area contributed by atoms with E-state index in [0.29, 0.717) is 18.5 Å². The van der Waals surface area contributed by atoms with Crippen molar-refractivity contribution in [2.45, 2.75) is 56.1 Å². The second-order valence-electron chi connectivity index (χ2n) is 7.93. The van der Waals surface area contributed by atoms with Crippen LogP contribution in [0, 0.1) is 20.8 Å². The van der Waals surface area contributed by atoms with E-state index >= 15 is 0 Å². The maximum Gasteiger partial charge on any atom is 0.337 e. The molecule has 7 heteroatoms. The molecule has 1 aliphatic carbocycles. The maximum absolute atomic E-state index is 13.6. The molecule has 160 valence electrons. The number of aryl methyl sites for hydroxylation is 3. The zero-order valence-corrected chi connectivity index (χ0v) is 18.6. The van der Waals surface area contributed by atoms with Crippen molar-refractivity contribution >= 4 is 27.4 Å². The fourth-order valence-corrected chi connectivity index (χ4v) is 6.06. The Hall–Kier alpha value is -2.67. The van der Waals surface area contributed by atoms with Crippen LogP contribution in [-0.2, 0) is 19.4 Å². The molecule has 0 aromatic heterocycles. The van der Waals surface area contributed by atoms with Gasteiger partial charge in [-0.3, -0.25) is 4.79 Å². The number of nitrogens with one attached hydrogen (secondary N) is 1. The molecule has 1 N–H and O–H groups in total. The van der Waals surface area contributed by atoms with Gasteiger partial charge >= 0.3 is 5.97 Å². The predicted molar refractivity (Wildman–Crippen MR) is 115 cm³/mol. The highest BCUT2D eigenvalue weighted by Crippen LogP contribution is 2.42. The lowest BCUT2D eigenvalue weighted by molar-refractivity contribution is -0.118. The van der Waals surface area contributed by atoms with Gasteiger partial charge in [0.15, 0.2) is 14.6 Å². The van der Waals surface area contributed by atoms with E-state index in [0.717, 1.165) is 16.7 Å². The number of ether oxygens (including phenoxy) is 1. The van der Waals surface area contributed by atoms with Gasteiger partial charge < -0.3 is 10.1 Å². The first-order chi connectivity index (χ1) is 14.1. The average Bonchev–Trinajstić information content (AvgIpc) is 3.23. The Morgan fingerprint density at radius 3 is 2.17 bits per heavy atom. The van der Waals surface area contributed by atoms with Gasteiger partial charge in [-0.25, -0.2) is 13.2 Å². The number of hydrogen-bond acceptors (Lipinski definition) is 5. The highest BCUT2D eigenvalue weighted by molar-refractivity contribution is 7.93. The van der Waals surface area contributed by atoms with Crippen LogP contribution >= 0.6 is 0 Å². The fourth-order valence-electron chi connectivity index (χ4n) is 3.91. The van der Waals surface area contributed by atoms with E-state index in [1.54, 1.807) is 37.3 Å². The number of methoxy groups -OCH3 is 1. The number of benzene rings is 2. The second kappa shape index (κ2) is 8.22. The highest BCUT2D eigenvalue weighted by Gasteiger charge is 2.53. The molecule has 2 aromatic carbocycles. The zero-order valence-electron chi connectivity index (χ0n) is 17.7. The van der Waals surface area contributed by atoms with Crippen LogP contribution in [0.1, 0.15) is 52.7 Å². The van der Waals surface area contributed by atoms with Crippen molar-refractivity contribution < 1.29 is 22.7 Å². The van der Waals surface area contributed by atoms with Gasteiger partial charge in [-0.2, -0.15) is 0 Å². The molecular formula is C23H27NO5S. The van der Waals surface area contributed by atoms with Crippen molar-refractivity contribution in [3.05, 3.63) is 58.7 Å². The molecular weight excluding hydrogens is 402 g/mol. The van der Waals surface area contributed by atoms with Crippen LogP contribution in [0.15, 0.2) is 41.3 Å². The Kier molecular flexibility index (Phi) is 6.04. The van der Waals surface area contributed by atoms with Gasteiger partial charge in [0.2, 0.25) is 5.91 Å². The molecule has 1 amide bonds. The van der Waals surface area contributed by atoms with Crippen LogP contribution in [-0.4, -0.2) is 32.2 Å². The summed E-state index contributed by atoms with van der Waals surface area (Å²) in [5, 5.41) is 2.79. The van der Waals surface area contributed by atoms with Crippen molar-refractivity contribution in [1.29, 1.82) is 0 Å². The molecule has 0 spiro atoms. The van der Waals surface area contributed by atoms with Crippen LogP contribution in [0.5, 0.6) is 0 Å². The minimum atomic E-state index is -3.91. The molecule has 0 heterocycles. The lowest BCUT2D eigenvalue weighted by Crippen LogP contribution is -2.47. The van der Waals surface area contributed by atoms with Gasteiger partial charge in [-0.05, 0) is 74.6 Å². The molecule has 1 aliphatic rings. The molecule has 1 saturated carbocycles. The molecule has 0 unspecified atom stereocenters. The number of anilines is 1. The monoisotopic (exact) mass is 429 g/mol. The van der Waals surface area contributed by atoms with Crippen molar-refractivity contribution in [2.75, 3.05) is 12.4 Å². The van der Waals surface area contributed by atoms with Crippen LogP contribution in [0.25, 0.3) is 0 Å². The first kappa shape index (κ1) is 22.0. The van der Waals surface area contributed by atoms with Gasteiger partial charge in [0.25, 0.3) is 0 Å². The van der Waals surface area contributed by atoms with Gasteiger partial charge in [-0.1, -0.05) is 25.0 Å². The molecule has 1 fully saturated rings. The Labute approximate surface area is 177 Å². The number of carbonyl (C=O) groups excluding carboxylic acids is 2. The normalized spacial score (nSPS) is 15.6. The number of esters is 1. The molecule has 3 rings (SSSR count). The Morgan fingerprint density at radius 2 is 1.57 bits per heavy atom. The summed E-state index contributed by atoms with van der Waals surface area (Å²) in [6.07, 6.45) is 1.87. The smallest absolute Gasteiger partial charge is 0.337 e. The predicted octanol–water partition coefficient (Wildman–Crippen LogP) is 4.12. The number of amides is 1. The van der Waals surface area contributed by atoms with Crippen LogP contribution < -0.4 is 5.32 Å². The summed E-state index contributed by atoms with van der Waals surface area (Å²) in [5.74, 6) is -1.08. The largest absolute Gasteiger partial charge is 0.465 e. The quantitative estimate of drug-likeness (QED) is 0.722. The zero-order chi connectivity index (χ0) is 22.1. The summed E-state index contributed by atoms with van der Waals surface area (Å²) in [6, 6.07) is 9.81. The maximum atomic E-state index is 13.6. The fraction of sp³-hybridized carbons (Fsp3) is 0.391. The summed E-state index contributed by atoms with van der Waals surface area (Å²) >= 11 is 0. The molecule has 0 atom stereocenters. The van der Waals surface area contributed by atoms with E-state index in [9.17, 15) is 18.0 Å². The Balaban J connectivity index is 2.01. The van der Waals surface area contributed by atoms with Gasteiger partial charge in [-0.15, -0.1) is 0 Å². The molecule has 0 bridgehead atoms. The van der Waals surface area contributed by atoms with Gasteiger partial charge in [0, 0.05) is 5.69 Å². The molecule has 6 nitrogen and oxygen atoms in total. The Morgan fingerprint density at radius 1 is 0.933 bits per heavy atom. The third-order valence-corrected chi connectivity index (χ3v) is 8.53. The summed E-state index contributed by atoms with van der Waals surface area (Å²) in [5.41, 5.74) is 3.29. The first-order valence-electron chi connectivity index (χ1n) is 9.95. The standard InChI is InChI=1S/C23H27NO5S/c1-15-8-10-19(13-17(15)3)30(27,28)23(11-5-6-12-23)22(26)24-20-14-18(21(25)29-4)9-7-16(20)2/h7-10,13-14H,5-6,11-12H2,1-4H3,(H,24,26). The van der Waals surface area contributed by atoms with E-state index in [1.165, 1.54) is 13.2 Å². The number of hydrogen-bond donors (Lipinski definition) is 1. The van der Waals surface area contributed by atoms with E-state index in [4.69, 9.17) is 4.74 Å². The minimum absolute atomic E-state index is 0.169. The third-order valence-electron chi connectivity index (χ3n) is 6.03. The van der Waals surface area contributed by atoms with Gasteiger partial charge in [0.05, 0.1) is 17.6 Å². The Bertz CT molecular complexity index is 1100. The summed E-state index contributed by atoms with van der Waals surface area (Å²) in [4.78, 5) is 25.4. The molecule has 0 radical (unpaired) electrons. The topological polar surface area (TPSA) is 89.5 Å². The second-order valence-corrected chi connectivity index (χ2v) is 10.2. The molecule has 0 aliphatic heterocycles. The molecule has 30 heavy (non-hydrogen) atoms. The van der Waals surface area contributed by atoms with E-state index in [-0.39, 0.29) is 23.3 Å². The van der Waals surface area contributed by atoms with Crippen molar-refractivity contribution in [3.8, 4) is 0 Å². The lowest BCUT2D eigenvalue weighted by atomic mass is 10.0. The summed E-state index contributed by atoms with van der Waals surface area (Å²) < 4.78 is 30.5. The SMILES string of the molecule is COC(=O)c1ccc(C)c(NC(=O)C2(S(=O)(=O)c3ccc(C)c(C)c3)CCCC2)c1. The highest BCUT2D eigenvalue weighted by atomic mass is 32.2. The third kappa shape index (κ3) is 3.74. The minimum Gasteiger partial charge on any atom is -0.465 e. The molecule has 0 saturated heterocycles. The summed E-state index contributed by atoms with van der Waals surface area (Å²) in [7, 11) is -2.62. The molecule has 2 aromatic rings. The van der Waals surface area contributed by atoms with Crippen molar-refractivity contribution in [1.82, 2.24) is 0 Å². The van der Waals surface area contributed by atoms with E-state index in [1.807, 2.05) is 13.8 Å². The van der Waals surface area contributed by atoms with Crippen molar-refractivity contribution in [2.24, 2.45) is 0 Å². The van der Waals surface area contributed by atoms with Crippen molar-refractivity contribution in [3.63, 3.8) is 0 Å². The number of sulfone groups is 1. The first-order valence-corrected chi connectivity index (χ1v) is 11.4. The lowest BCUT2D eigenvalue weighted by Gasteiger charge is -2.28. The summed E-state index contributed by atoms with van der Waals surface area (Å²) in [6.45, 7) is 5.56. The van der Waals surface area contributed by atoms with Crippen LogP contribution in [0.4, 0.5) is 5.69 Å². The van der Waals surface area contributed by atoms with Crippen LogP contribution in [0.3, 0.4) is 0 Å². The van der Waals surface area contributed by atoms with E-state index < -0.39 is 26.5 Å². The number of rotatable bonds is 5. The van der Waals surface area contributed by atoms with Gasteiger partial charge in [0.1, 0.15) is 0 Å². The van der Waals surface area contributed by atoms with Crippen LogP contribution in [0.2, 0.25) is 0 Å². The average molecular weight is 430 g/mol. The van der Waals surface area contributed by atoms with E-state index in [2.05, 4.69) is 5.32 Å².